The molecule has 2 amide bonds. The minimum absolute atomic E-state index is 0.0891. The number of hydrogen-bond acceptors (Lipinski definition) is 7. The number of amides is 2. The SMILES string of the molecule is CCCCOc1ccnc(OC(=O)NC(=O)CN)c1OC. The molecule has 1 rings (SSSR count). The van der Waals surface area contributed by atoms with Crippen molar-refractivity contribution < 1.29 is 23.8 Å². The molecule has 0 fully saturated rings. The fourth-order valence-corrected chi connectivity index (χ4v) is 1.39. The van der Waals surface area contributed by atoms with Gasteiger partial charge in [0.15, 0.2) is 5.75 Å². The van der Waals surface area contributed by atoms with Crippen LogP contribution in [0.15, 0.2) is 12.3 Å². The van der Waals surface area contributed by atoms with Crippen LogP contribution in [0.25, 0.3) is 0 Å². The van der Waals surface area contributed by atoms with E-state index < -0.39 is 12.0 Å². The van der Waals surface area contributed by atoms with E-state index in [0.717, 1.165) is 12.8 Å². The number of nitrogens with zero attached hydrogens (tertiary/aromatic N) is 1. The summed E-state index contributed by atoms with van der Waals surface area (Å²) in [6.45, 7) is 2.23. The third-order valence-corrected chi connectivity index (χ3v) is 2.41. The highest BCUT2D eigenvalue weighted by atomic mass is 16.6. The average molecular weight is 297 g/mol. The molecule has 8 heteroatoms. The van der Waals surface area contributed by atoms with Crippen LogP contribution in [-0.4, -0.2) is 37.2 Å². The molecular formula is C13H19N3O5. The Labute approximate surface area is 122 Å². The van der Waals surface area contributed by atoms with Crippen molar-refractivity contribution in [2.75, 3.05) is 20.3 Å². The van der Waals surface area contributed by atoms with Crippen LogP contribution >= 0.6 is 0 Å². The fourth-order valence-electron chi connectivity index (χ4n) is 1.39. The first-order valence-electron chi connectivity index (χ1n) is 6.49. The third-order valence-electron chi connectivity index (χ3n) is 2.41. The molecule has 0 aliphatic rings. The predicted octanol–water partition coefficient (Wildman–Crippen LogP) is 0.843. The van der Waals surface area contributed by atoms with Gasteiger partial charge in [-0.05, 0) is 6.42 Å². The maximum atomic E-state index is 11.5. The number of methoxy groups -OCH3 is 1. The van der Waals surface area contributed by atoms with Gasteiger partial charge in [0.2, 0.25) is 11.7 Å². The molecule has 1 heterocycles. The quantitative estimate of drug-likeness (QED) is 0.717. The Kier molecular flexibility index (Phi) is 6.96. The molecule has 0 aliphatic carbocycles. The summed E-state index contributed by atoms with van der Waals surface area (Å²) in [5.74, 6) is -0.152. The van der Waals surface area contributed by atoms with E-state index in [0.29, 0.717) is 12.4 Å². The second-order valence-electron chi connectivity index (χ2n) is 3.99. The Morgan fingerprint density at radius 3 is 2.81 bits per heavy atom. The van der Waals surface area contributed by atoms with E-state index in [4.69, 9.17) is 19.9 Å². The Hall–Kier alpha value is -2.35. The number of nitrogens with one attached hydrogen (secondary N) is 1. The lowest BCUT2D eigenvalue weighted by Crippen LogP contribution is -2.37. The highest BCUT2D eigenvalue weighted by Crippen LogP contribution is 2.34. The van der Waals surface area contributed by atoms with Crippen LogP contribution in [0.5, 0.6) is 17.4 Å². The van der Waals surface area contributed by atoms with Gasteiger partial charge in [0, 0.05) is 12.3 Å². The number of unbranched alkanes of at least 4 members (excludes halogenated alkanes) is 1. The van der Waals surface area contributed by atoms with E-state index in [1.165, 1.54) is 13.3 Å². The summed E-state index contributed by atoms with van der Waals surface area (Å²) in [6, 6.07) is 1.60. The van der Waals surface area contributed by atoms with E-state index in [1.54, 1.807) is 6.07 Å². The Morgan fingerprint density at radius 1 is 1.43 bits per heavy atom. The molecule has 116 valence electrons. The highest BCUT2D eigenvalue weighted by molar-refractivity contribution is 5.93. The largest absolute Gasteiger partial charge is 0.489 e. The van der Waals surface area contributed by atoms with Crippen molar-refractivity contribution in [3.8, 4) is 17.4 Å². The second kappa shape index (κ2) is 8.75. The van der Waals surface area contributed by atoms with Gasteiger partial charge in [-0.1, -0.05) is 13.3 Å². The van der Waals surface area contributed by atoms with Crippen molar-refractivity contribution in [3.63, 3.8) is 0 Å². The van der Waals surface area contributed by atoms with Crippen molar-refractivity contribution in [2.24, 2.45) is 5.73 Å². The predicted molar refractivity (Wildman–Crippen MR) is 74.4 cm³/mol. The molecule has 3 N–H and O–H groups in total. The zero-order chi connectivity index (χ0) is 15.7. The van der Waals surface area contributed by atoms with E-state index in [2.05, 4.69) is 4.98 Å². The topological polar surface area (TPSA) is 113 Å². The molecule has 0 bridgehead atoms. The summed E-state index contributed by atoms with van der Waals surface area (Å²) in [6.07, 6.45) is 2.30. The number of pyridine rings is 1. The van der Waals surface area contributed by atoms with Gasteiger partial charge >= 0.3 is 6.09 Å². The number of hydrogen-bond donors (Lipinski definition) is 2. The number of ether oxygens (including phenoxy) is 3. The molecule has 0 aromatic carbocycles. The van der Waals surface area contributed by atoms with Gasteiger partial charge in [0.1, 0.15) is 0 Å². The molecule has 21 heavy (non-hydrogen) atoms. The maximum absolute atomic E-state index is 11.5. The number of carbonyl (C=O) groups is 2. The normalized spacial score (nSPS) is 9.86. The first-order chi connectivity index (χ1) is 10.1. The molecular weight excluding hydrogens is 278 g/mol. The summed E-state index contributed by atoms with van der Waals surface area (Å²) >= 11 is 0. The number of carbonyl (C=O) groups excluding carboxylic acids is 2. The zero-order valence-corrected chi connectivity index (χ0v) is 12.0. The Morgan fingerprint density at radius 2 is 2.19 bits per heavy atom. The molecule has 0 aliphatic heterocycles. The van der Waals surface area contributed by atoms with Crippen molar-refractivity contribution in [1.82, 2.24) is 10.3 Å². The molecule has 0 spiro atoms. The third kappa shape index (κ3) is 5.27. The lowest BCUT2D eigenvalue weighted by Gasteiger charge is -2.13. The van der Waals surface area contributed by atoms with Gasteiger partial charge in [0.05, 0.1) is 20.3 Å². The van der Waals surface area contributed by atoms with Crippen LogP contribution in [0, 0.1) is 0 Å². The number of imide groups is 1. The van der Waals surface area contributed by atoms with Crippen LogP contribution in [0.3, 0.4) is 0 Å². The lowest BCUT2D eigenvalue weighted by atomic mass is 10.3. The van der Waals surface area contributed by atoms with Crippen LogP contribution in [0.4, 0.5) is 4.79 Å². The summed E-state index contributed by atoms with van der Waals surface area (Å²) in [7, 11) is 1.40. The smallest absolute Gasteiger partial charge is 0.420 e. The van der Waals surface area contributed by atoms with Gasteiger partial charge in [0.25, 0.3) is 5.88 Å². The van der Waals surface area contributed by atoms with Gasteiger partial charge < -0.3 is 19.9 Å². The molecule has 1 aromatic rings. The number of aromatic nitrogens is 1. The molecule has 8 nitrogen and oxygen atoms in total. The highest BCUT2D eigenvalue weighted by Gasteiger charge is 2.17. The van der Waals surface area contributed by atoms with E-state index in [1.807, 2.05) is 12.2 Å². The van der Waals surface area contributed by atoms with Crippen molar-refractivity contribution in [1.29, 1.82) is 0 Å². The molecule has 1 aromatic heterocycles. The van der Waals surface area contributed by atoms with Crippen molar-refractivity contribution in [2.45, 2.75) is 19.8 Å². The van der Waals surface area contributed by atoms with Gasteiger partial charge in [-0.3, -0.25) is 10.1 Å². The Balaban J connectivity index is 2.79. The molecule has 0 unspecified atom stereocenters. The molecule has 0 saturated carbocycles. The van der Waals surface area contributed by atoms with Gasteiger partial charge in [-0.15, -0.1) is 0 Å². The van der Waals surface area contributed by atoms with Crippen molar-refractivity contribution in [3.05, 3.63) is 12.3 Å². The average Bonchev–Trinajstić information content (AvgIpc) is 2.47. The lowest BCUT2D eigenvalue weighted by molar-refractivity contribution is -0.118. The zero-order valence-electron chi connectivity index (χ0n) is 12.0. The summed E-state index contributed by atoms with van der Waals surface area (Å²) < 4.78 is 15.6. The summed E-state index contributed by atoms with van der Waals surface area (Å²) in [4.78, 5) is 26.4. The van der Waals surface area contributed by atoms with Crippen LogP contribution in [0.1, 0.15) is 19.8 Å². The minimum atomic E-state index is -0.984. The minimum Gasteiger partial charge on any atom is -0.489 e. The first kappa shape index (κ1) is 16.7. The summed E-state index contributed by atoms with van der Waals surface area (Å²) in [5, 5.41) is 1.94. The fraction of sp³-hybridized carbons (Fsp3) is 0.462. The number of rotatable bonds is 7. The van der Waals surface area contributed by atoms with Gasteiger partial charge in [-0.25, -0.2) is 9.78 Å². The second-order valence-corrected chi connectivity index (χ2v) is 3.99. The summed E-state index contributed by atoms with van der Waals surface area (Å²) in [5.41, 5.74) is 5.08. The van der Waals surface area contributed by atoms with Crippen LogP contribution < -0.4 is 25.3 Å². The standard InChI is InChI=1S/C13H19N3O5/c1-3-4-7-20-9-5-6-15-12(11(9)19-2)21-13(18)16-10(17)8-14/h5-6H,3-4,7-8,14H2,1-2H3,(H,16,17,18). The van der Waals surface area contributed by atoms with Crippen LogP contribution in [0.2, 0.25) is 0 Å². The molecule has 0 saturated heterocycles. The van der Waals surface area contributed by atoms with Gasteiger partial charge in [-0.2, -0.15) is 0 Å². The monoisotopic (exact) mass is 297 g/mol. The van der Waals surface area contributed by atoms with E-state index in [-0.39, 0.29) is 18.2 Å². The van der Waals surface area contributed by atoms with E-state index in [9.17, 15) is 9.59 Å². The van der Waals surface area contributed by atoms with Crippen molar-refractivity contribution >= 4 is 12.0 Å². The van der Waals surface area contributed by atoms with Crippen LogP contribution in [-0.2, 0) is 4.79 Å². The maximum Gasteiger partial charge on any atom is 0.420 e. The molecule has 0 radical (unpaired) electrons. The van der Waals surface area contributed by atoms with E-state index >= 15 is 0 Å². The Bertz CT molecular complexity index is 493. The first-order valence-corrected chi connectivity index (χ1v) is 6.49. The number of nitrogens with two attached hydrogens (primary N) is 1. The molecule has 0 atom stereocenters.